The largest absolute Gasteiger partial charge is 0.458 e. The van der Waals surface area contributed by atoms with Crippen LogP contribution in [0.15, 0.2) is 40.3 Å². The molecular formula is C16H19N5O4. The summed E-state index contributed by atoms with van der Waals surface area (Å²) in [5, 5.41) is 0. The number of carbonyl (C=O) groups is 1. The van der Waals surface area contributed by atoms with Gasteiger partial charge in [0.15, 0.2) is 0 Å². The predicted molar refractivity (Wildman–Crippen MR) is 88.2 cm³/mol. The average Bonchev–Trinajstić information content (AvgIpc) is 2.62. The number of nitrogens with one attached hydrogen (secondary N) is 1. The molecular weight excluding hydrogens is 326 g/mol. The van der Waals surface area contributed by atoms with Crippen LogP contribution in [0.4, 0.5) is 0 Å². The Morgan fingerprint density at radius 1 is 1.32 bits per heavy atom. The first-order chi connectivity index (χ1) is 12.1. The highest BCUT2D eigenvalue weighted by atomic mass is 16.5. The molecule has 2 aromatic heterocycles. The van der Waals surface area contributed by atoms with Crippen molar-refractivity contribution in [3.8, 4) is 6.01 Å². The quantitative estimate of drug-likeness (QED) is 0.803. The van der Waals surface area contributed by atoms with Gasteiger partial charge in [0.2, 0.25) is 5.91 Å². The molecule has 0 spiro atoms. The van der Waals surface area contributed by atoms with Gasteiger partial charge < -0.3 is 14.2 Å². The lowest BCUT2D eigenvalue weighted by molar-refractivity contribution is -0.134. The number of amides is 1. The molecule has 2 aromatic rings. The van der Waals surface area contributed by atoms with E-state index < -0.39 is 11.2 Å². The maximum absolute atomic E-state index is 12.4. The first-order valence-electron chi connectivity index (χ1n) is 8.13. The number of rotatable bonds is 5. The van der Waals surface area contributed by atoms with E-state index in [-0.39, 0.29) is 25.0 Å². The fourth-order valence-electron chi connectivity index (χ4n) is 2.75. The average molecular weight is 345 g/mol. The lowest BCUT2D eigenvalue weighted by atomic mass is 10.1. The van der Waals surface area contributed by atoms with Crippen molar-refractivity contribution in [1.29, 1.82) is 0 Å². The Hall–Kier alpha value is -2.97. The Kier molecular flexibility index (Phi) is 5.22. The Labute approximate surface area is 143 Å². The molecule has 0 aliphatic carbocycles. The van der Waals surface area contributed by atoms with Crippen LogP contribution in [0.2, 0.25) is 0 Å². The van der Waals surface area contributed by atoms with Crippen LogP contribution < -0.4 is 16.0 Å². The van der Waals surface area contributed by atoms with Crippen molar-refractivity contribution in [2.75, 3.05) is 13.1 Å². The molecule has 3 heterocycles. The second-order valence-electron chi connectivity index (χ2n) is 5.81. The molecule has 1 atom stereocenters. The zero-order chi connectivity index (χ0) is 17.6. The first-order valence-corrected chi connectivity index (χ1v) is 8.13. The van der Waals surface area contributed by atoms with Crippen LogP contribution in [0, 0.1) is 0 Å². The van der Waals surface area contributed by atoms with Gasteiger partial charge in [-0.15, -0.1) is 0 Å². The molecule has 0 bridgehead atoms. The van der Waals surface area contributed by atoms with Crippen molar-refractivity contribution in [3.63, 3.8) is 0 Å². The molecule has 3 rings (SSSR count). The molecule has 9 heteroatoms. The summed E-state index contributed by atoms with van der Waals surface area (Å²) < 4.78 is 7.03. The summed E-state index contributed by atoms with van der Waals surface area (Å²) >= 11 is 0. The normalized spacial score (nSPS) is 17.3. The van der Waals surface area contributed by atoms with Gasteiger partial charge in [0, 0.05) is 44.2 Å². The maximum atomic E-state index is 12.4. The molecule has 9 nitrogen and oxygen atoms in total. The van der Waals surface area contributed by atoms with Crippen LogP contribution in [-0.2, 0) is 11.3 Å². The van der Waals surface area contributed by atoms with Gasteiger partial charge in [0.05, 0.1) is 6.54 Å². The number of nitrogens with zero attached hydrogens (tertiary/aromatic N) is 4. The topological polar surface area (TPSA) is 110 Å². The molecule has 1 aliphatic heterocycles. The third-order valence-electron chi connectivity index (χ3n) is 4.01. The van der Waals surface area contributed by atoms with Crippen LogP contribution in [0.3, 0.4) is 0 Å². The number of likely N-dealkylation sites (tertiary alicyclic amines) is 1. The minimum atomic E-state index is -0.513. The molecule has 0 aromatic carbocycles. The lowest BCUT2D eigenvalue weighted by Gasteiger charge is -2.32. The molecule has 1 saturated heterocycles. The van der Waals surface area contributed by atoms with E-state index in [2.05, 4.69) is 15.0 Å². The summed E-state index contributed by atoms with van der Waals surface area (Å²) in [5.41, 5.74) is -0.965. The SMILES string of the molecule is O=C(CCn1ccc(=O)[nH]c1=O)N1CCCC(Oc2ncccn2)C1. The third-order valence-corrected chi connectivity index (χ3v) is 4.01. The van der Waals surface area contributed by atoms with Gasteiger partial charge >= 0.3 is 11.7 Å². The highest BCUT2D eigenvalue weighted by Gasteiger charge is 2.25. The van der Waals surface area contributed by atoms with E-state index in [4.69, 9.17) is 4.74 Å². The van der Waals surface area contributed by atoms with Crippen molar-refractivity contribution in [2.45, 2.75) is 31.9 Å². The van der Waals surface area contributed by atoms with Gasteiger partial charge in [-0.2, -0.15) is 0 Å². The van der Waals surface area contributed by atoms with Crippen LogP contribution in [0.25, 0.3) is 0 Å². The Bertz CT molecular complexity index is 832. The maximum Gasteiger partial charge on any atom is 0.328 e. The van der Waals surface area contributed by atoms with E-state index in [0.717, 1.165) is 12.8 Å². The van der Waals surface area contributed by atoms with Crippen LogP contribution in [0.1, 0.15) is 19.3 Å². The smallest absolute Gasteiger partial charge is 0.328 e. The molecule has 1 unspecified atom stereocenters. The summed E-state index contributed by atoms with van der Waals surface area (Å²) in [6, 6.07) is 3.28. The van der Waals surface area contributed by atoms with Gasteiger partial charge in [-0.3, -0.25) is 14.6 Å². The summed E-state index contributed by atoms with van der Waals surface area (Å²) in [7, 11) is 0. The number of piperidine rings is 1. The minimum Gasteiger partial charge on any atom is -0.458 e. The number of aromatic amines is 1. The molecule has 1 N–H and O–H groups in total. The molecule has 1 aliphatic rings. The monoisotopic (exact) mass is 345 g/mol. The van der Waals surface area contributed by atoms with E-state index in [1.165, 1.54) is 16.8 Å². The fraction of sp³-hybridized carbons (Fsp3) is 0.438. The first kappa shape index (κ1) is 16.9. The van der Waals surface area contributed by atoms with Gasteiger partial charge in [-0.1, -0.05) is 0 Å². The van der Waals surface area contributed by atoms with Crippen molar-refractivity contribution < 1.29 is 9.53 Å². The fourth-order valence-corrected chi connectivity index (χ4v) is 2.75. The Balaban J connectivity index is 1.54. The van der Waals surface area contributed by atoms with Crippen molar-refractivity contribution in [2.24, 2.45) is 0 Å². The summed E-state index contributed by atoms with van der Waals surface area (Å²) in [6.07, 6.45) is 6.31. The highest BCUT2D eigenvalue weighted by molar-refractivity contribution is 5.76. The number of hydrogen-bond acceptors (Lipinski definition) is 6. The third kappa shape index (κ3) is 4.52. The number of aromatic nitrogens is 4. The Morgan fingerprint density at radius 2 is 2.12 bits per heavy atom. The van der Waals surface area contributed by atoms with Gasteiger partial charge in [-0.05, 0) is 18.9 Å². The van der Waals surface area contributed by atoms with E-state index in [9.17, 15) is 14.4 Å². The van der Waals surface area contributed by atoms with Crippen LogP contribution in [0.5, 0.6) is 6.01 Å². The molecule has 132 valence electrons. The molecule has 1 amide bonds. The predicted octanol–water partition coefficient (Wildman–Crippen LogP) is -0.213. The number of ether oxygens (including phenoxy) is 1. The highest BCUT2D eigenvalue weighted by Crippen LogP contribution is 2.15. The van der Waals surface area contributed by atoms with E-state index in [0.29, 0.717) is 19.1 Å². The molecule has 25 heavy (non-hydrogen) atoms. The standard InChI is InChI=1S/C16H19N5O4/c22-13-4-9-20(16(24)19-13)10-5-14(23)21-8-1-3-12(11-21)25-15-17-6-2-7-18-15/h2,4,6-7,9,12H,1,3,5,8,10-11H2,(H,19,22,24). The second-order valence-corrected chi connectivity index (χ2v) is 5.81. The molecule has 0 saturated carbocycles. The number of carbonyl (C=O) groups excluding carboxylic acids is 1. The second kappa shape index (κ2) is 7.73. The van der Waals surface area contributed by atoms with E-state index in [1.807, 2.05) is 0 Å². The number of H-pyrrole nitrogens is 1. The summed E-state index contributed by atoms with van der Waals surface area (Å²) in [5.74, 6) is -0.0552. The number of hydrogen-bond donors (Lipinski definition) is 1. The Morgan fingerprint density at radius 3 is 2.88 bits per heavy atom. The van der Waals surface area contributed by atoms with Crippen LogP contribution in [-0.4, -0.2) is 49.5 Å². The van der Waals surface area contributed by atoms with Crippen molar-refractivity contribution in [1.82, 2.24) is 24.4 Å². The zero-order valence-corrected chi connectivity index (χ0v) is 13.6. The molecule has 0 radical (unpaired) electrons. The van der Waals surface area contributed by atoms with Crippen LogP contribution >= 0.6 is 0 Å². The summed E-state index contributed by atoms with van der Waals surface area (Å²) in [4.78, 5) is 47.0. The minimum absolute atomic E-state index is 0.0552. The van der Waals surface area contributed by atoms with Gasteiger partial charge in [0.25, 0.3) is 5.56 Å². The number of aryl methyl sites for hydroxylation is 1. The summed E-state index contributed by atoms with van der Waals surface area (Å²) in [6.45, 7) is 1.35. The zero-order valence-electron chi connectivity index (χ0n) is 13.6. The van der Waals surface area contributed by atoms with Gasteiger partial charge in [-0.25, -0.2) is 14.8 Å². The van der Waals surface area contributed by atoms with E-state index in [1.54, 1.807) is 23.4 Å². The van der Waals surface area contributed by atoms with E-state index >= 15 is 0 Å². The van der Waals surface area contributed by atoms with Crippen molar-refractivity contribution in [3.05, 3.63) is 51.6 Å². The lowest BCUT2D eigenvalue weighted by Crippen LogP contribution is -2.45. The van der Waals surface area contributed by atoms with Gasteiger partial charge in [0.1, 0.15) is 6.10 Å². The molecule has 1 fully saturated rings. The van der Waals surface area contributed by atoms with Crippen molar-refractivity contribution >= 4 is 5.91 Å².